The number of morpholine rings is 1. The molecule has 1 heterocycles. The average Bonchev–Trinajstić information content (AvgIpc) is 2.52. The summed E-state index contributed by atoms with van der Waals surface area (Å²) in [7, 11) is 1.62. The number of aryl methyl sites for hydroxylation is 1. The summed E-state index contributed by atoms with van der Waals surface area (Å²) in [4.78, 5) is 24.6. The number of amides is 1. The fourth-order valence-corrected chi connectivity index (χ4v) is 2.47. The molecular weight excluding hydrogens is 286 g/mol. The highest BCUT2D eigenvalue weighted by Gasteiger charge is 2.25. The maximum Gasteiger partial charge on any atom is 0.306 e. The third-order valence-electron chi connectivity index (χ3n) is 3.68. The second kappa shape index (κ2) is 7.79. The standard InChI is InChI=1S/C16H21NO5/c1-21-13-5-2-12(3-6-13)4-7-15(18)17-8-9-22-14(11-17)10-16(19)20/h2-3,5-6,14H,4,7-11H2,1H3,(H,19,20)/t14-/m0/s1. The first-order chi connectivity index (χ1) is 10.6. The lowest BCUT2D eigenvalue weighted by atomic mass is 10.1. The first kappa shape index (κ1) is 16.3. The van der Waals surface area contributed by atoms with Crippen LogP contribution in [0.5, 0.6) is 5.75 Å². The molecule has 0 aliphatic carbocycles. The maximum atomic E-state index is 12.2. The number of hydrogen-bond donors (Lipinski definition) is 1. The zero-order valence-corrected chi connectivity index (χ0v) is 12.7. The summed E-state index contributed by atoms with van der Waals surface area (Å²) < 4.78 is 10.5. The number of carbonyl (C=O) groups is 2. The third kappa shape index (κ3) is 4.73. The quantitative estimate of drug-likeness (QED) is 0.858. The highest BCUT2D eigenvalue weighted by molar-refractivity contribution is 5.76. The van der Waals surface area contributed by atoms with Gasteiger partial charge in [-0.3, -0.25) is 9.59 Å². The molecule has 120 valence electrons. The number of methoxy groups -OCH3 is 1. The van der Waals surface area contributed by atoms with Crippen LogP contribution in [0, 0.1) is 0 Å². The minimum absolute atomic E-state index is 0.0366. The van der Waals surface area contributed by atoms with Crippen molar-refractivity contribution in [1.29, 1.82) is 0 Å². The number of ether oxygens (including phenoxy) is 2. The van der Waals surface area contributed by atoms with Crippen molar-refractivity contribution in [3.8, 4) is 5.75 Å². The molecule has 6 nitrogen and oxygen atoms in total. The van der Waals surface area contributed by atoms with Crippen LogP contribution in [0.1, 0.15) is 18.4 Å². The Morgan fingerprint density at radius 3 is 2.73 bits per heavy atom. The fraction of sp³-hybridized carbons (Fsp3) is 0.500. The monoisotopic (exact) mass is 307 g/mol. The number of carbonyl (C=O) groups excluding carboxylic acids is 1. The minimum atomic E-state index is -0.905. The molecule has 1 fully saturated rings. The summed E-state index contributed by atoms with van der Waals surface area (Å²) in [6.45, 7) is 1.28. The molecule has 0 bridgehead atoms. The van der Waals surface area contributed by atoms with E-state index in [-0.39, 0.29) is 12.3 Å². The summed E-state index contributed by atoms with van der Waals surface area (Å²) in [6.07, 6.45) is 0.592. The Labute approximate surface area is 129 Å². The first-order valence-corrected chi connectivity index (χ1v) is 7.32. The predicted octanol–water partition coefficient (Wildman–Crippen LogP) is 1.33. The van der Waals surface area contributed by atoms with Gasteiger partial charge in [0.05, 0.1) is 26.2 Å². The predicted molar refractivity (Wildman–Crippen MR) is 79.9 cm³/mol. The Kier molecular flexibility index (Phi) is 5.77. The average molecular weight is 307 g/mol. The number of carboxylic acids is 1. The van der Waals surface area contributed by atoms with Crippen LogP contribution in [0.3, 0.4) is 0 Å². The SMILES string of the molecule is COc1ccc(CCC(=O)N2CCO[C@@H](CC(=O)O)C2)cc1. The Bertz CT molecular complexity index is 514. The van der Waals surface area contributed by atoms with E-state index in [0.717, 1.165) is 11.3 Å². The van der Waals surface area contributed by atoms with Crippen LogP contribution in [-0.4, -0.2) is 54.8 Å². The van der Waals surface area contributed by atoms with Gasteiger partial charge >= 0.3 is 5.97 Å². The van der Waals surface area contributed by atoms with Crippen molar-refractivity contribution in [2.75, 3.05) is 26.8 Å². The van der Waals surface area contributed by atoms with Crippen LogP contribution in [0.15, 0.2) is 24.3 Å². The van der Waals surface area contributed by atoms with Crippen LogP contribution >= 0.6 is 0 Å². The fourth-order valence-electron chi connectivity index (χ4n) is 2.47. The molecule has 6 heteroatoms. The summed E-state index contributed by atoms with van der Waals surface area (Å²) in [5, 5.41) is 8.79. The lowest BCUT2D eigenvalue weighted by Gasteiger charge is -2.32. The van der Waals surface area contributed by atoms with Crippen molar-refractivity contribution < 1.29 is 24.2 Å². The van der Waals surface area contributed by atoms with Crippen LogP contribution in [0.2, 0.25) is 0 Å². The van der Waals surface area contributed by atoms with Gasteiger partial charge in [0, 0.05) is 19.5 Å². The molecule has 2 rings (SSSR count). The number of carboxylic acid groups (broad SMARTS) is 1. The summed E-state index contributed by atoms with van der Waals surface area (Å²) in [6, 6.07) is 7.63. The van der Waals surface area contributed by atoms with Crippen molar-refractivity contribution in [2.24, 2.45) is 0 Å². The molecule has 1 saturated heterocycles. The van der Waals surface area contributed by atoms with E-state index < -0.39 is 12.1 Å². The largest absolute Gasteiger partial charge is 0.497 e. The van der Waals surface area contributed by atoms with Crippen LogP contribution in [0.4, 0.5) is 0 Å². The second-order valence-corrected chi connectivity index (χ2v) is 5.28. The summed E-state index contributed by atoms with van der Waals surface area (Å²) >= 11 is 0. The number of nitrogens with zero attached hydrogens (tertiary/aromatic N) is 1. The van der Waals surface area contributed by atoms with E-state index in [1.807, 2.05) is 24.3 Å². The van der Waals surface area contributed by atoms with Gasteiger partial charge in [-0.05, 0) is 24.1 Å². The Morgan fingerprint density at radius 2 is 2.09 bits per heavy atom. The Morgan fingerprint density at radius 1 is 1.36 bits per heavy atom. The summed E-state index contributed by atoms with van der Waals surface area (Å²) in [5.74, 6) is -0.0770. The molecule has 1 amide bonds. The zero-order valence-electron chi connectivity index (χ0n) is 12.7. The number of hydrogen-bond acceptors (Lipinski definition) is 4. The third-order valence-corrected chi connectivity index (χ3v) is 3.68. The van der Waals surface area contributed by atoms with Gasteiger partial charge in [-0.1, -0.05) is 12.1 Å². The molecule has 1 aromatic rings. The smallest absolute Gasteiger partial charge is 0.306 e. The number of benzene rings is 1. The molecule has 1 aliphatic heterocycles. The van der Waals surface area contributed by atoms with Gasteiger partial charge in [0.15, 0.2) is 0 Å². The highest BCUT2D eigenvalue weighted by atomic mass is 16.5. The Hall–Kier alpha value is -2.08. The molecule has 0 aromatic heterocycles. The van der Waals surface area contributed by atoms with Gasteiger partial charge < -0.3 is 19.5 Å². The molecule has 0 radical (unpaired) electrons. The van der Waals surface area contributed by atoms with Gasteiger partial charge in [0.25, 0.3) is 0 Å². The number of rotatable bonds is 6. The van der Waals surface area contributed by atoms with E-state index in [1.54, 1.807) is 12.0 Å². The van der Waals surface area contributed by atoms with Crippen molar-refractivity contribution in [2.45, 2.75) is 25.4 Å². The van der Waals surface area contributed by atoms with Crippen molar-refractivity contribution >= 4 is 11.9 Å². The van der Waals surface area contributed by atoms with Gasteiger partial charge in [-0.2, -0.15) is 0 Å². The molecule has 1 aliphatic rings. The number of aliphatic carboxylic acids is 1. The van der Waals surface area contributed by atoms with Crippen LogP contribution < -0.4 is 4.74 Å². The van der Waals surface area contributed by atoms with Gasteiger partial charge in [-0.15, -0.1) is 0 Å². The van der Waals surface area contributed by atoms with Gasteiger partial charge in [-0.25, -0.2) is 0 Å². The lowest BCUT2D eigenvalue weighted by molar-refractivity contribution is -0.147. The molecule has 22 heavy (non-hydrogen) atoms. The molecule has 1 N–H and O–H groups in total. The van der Waals surface area contributed by atoms with Crippen LogP contribution in [0.25, 0.3) is 0 Å². The molecule has 1 aromatic carbocycles. The van der Waals surface area contributed by atoms with Gasteiger partial charge in [0.2, 0.25) is 5.91 Å². The van der Waals surface area contributed by atoms with Crippen molar-refractivity contribution in [3.63, 3.8) is 0 Å². The Balaban J connectivity index is 1.81. The van der Waals surface area contributed by atoms with E-state index in [4.69, 9.17) is 14.6 Å². The van der Waals surface area contributed by atoms with E-state index in [0.29, 0.717) is 32.5 Å². The molecule has 0 saturated carbocycles. The second-order valence-electron chi connectivity index (χ2n) is 5.28. The van der Waals surface area contributed by atoms with E-state index in [9.17, 15) is 9.59 Å². The van der Waals surface area contributed by atoms with E-state index >= 15 is 0 Å². The maximum absolute atomic E-state index is 12.2. The topological polar surface area (TPSA) is 76.1 Å². The minimum Gasteiger partial charge on any atom is -0.497 e. The highest BCUT2D eigenvalue weighted by Crippen LogP contribution is 2.14. The molecule has 0 unspecified atom stereocenters. The lowest BCUT2D eigenvalue weighted by Crippen LogP contribution is -2.46. The molecular formula is C16H21NO5. The van der Waals surface area contributed by atoms with E-state index in [1.165, 1.54) is 0 Å². The normalized spacial score (nSPS) is 18.0. The van der Waals surface area contributed by atoms with Gasteiger partial charge in [0.1, 0.15) is 5.75 Å². The molecule has 1 atom stereocenters. The molecule has 0 spiro atoms. The van der Waals surface area contributed by atoms with E-state index in [2.05, 4.69) is 0 Å². The summed E-state index contributed by atoms with van der Waals surface area (Å²) in [5.41, 5.74) is 1.07. The first-order valence-electron chi connectivity index (χ1n) is 7.32. The van der Waals surface area contributed by atoms with Crippen molar-refractivity contribution in [1.82, 2.24) is 4.90 Å². The van der Waals surface area contributed by atoms with Crippen molar-refractivity contribution in [3.05, 3.63) is 29.8 Å². The zero-order chi connectivity index (χ0) is 15.9. The van der Waals surface area contributed by atoms with Crippen LogP contribution in [-0.2, 0) is 20.7 Å².